The SMILES string of the molecule is c1cc2cn[nH]c2cc1NCC1CCCCC1. The van der Waals surface area contributed by atoms with E-state index in [0.29, 0.717) is 0 Å². The highest BCUT2D eigenvalue weighted by Gasteiger charge is 2.12. The standard InChI is InChI=1S/C14H19N3/c1-2-4-11(5-3-1)9-15-13-7-6-12-10-16-17-14(12)8-13/h6-8,10-11,15H,1-5,9H2,(H,16,17). The van der Waals surface area contributed by atoms with E-state index in [1.807, 2.05) is 6.20 Å². The van der Waals surface area contributed by atoms with Crippen LogP contribution in [-0.4, -0.2) is 16.7 Å². The van der Waals surface area contributed by atoms with E-state index in [0.717, 1.165) is 18.0 Å². The number of aromatic nitrogens is 2. The van der Waals surface area contributed by atoms with Gasteiger partial charge in [0, 0.05) is 17.6 Å². The number of hydrogen-bond acceptors (Lipinski definition) is 2. The van der Waals surface area contributed by atoms with Crippen LogP contribution < -0.4 is 5.32 Å². The van der Waals surface area contributed by atoms with E-state index in [2.05, 4.69) is 33.7 Å². The van der Waals surface area contributed by atoms with Gasteiger partial charge in [-0.05, 0) is 37.0 Å². The average molecular weight is 229 g/mol. The van der Waals surface area contributed by atoms with E-state index in [1.54, 1.807) is 0 Å². The zero-order chi connectivity index (χ0) is 11.5. The fourth-order valence-electron chi connectivity index (χ4n) is 2.70. The number of H-pyrrole nitrogens is 1. The number of anilines is 1. The van der Waals surface area contributed by atoms with Gasteiger partial charge < -0.3 is 5.32 Å². The molecule has 1 aliphatic carbocycles. The average Bonchev–Trinajstić information content (AvgIpc) is 2.85. The topological polar surface area (TPSA) is 40.7 Å². The van der Waals surface area contributed by atoms with Gasteiger partial charge in [0.15, 0.2) is 0 Å². The van der Waals surface area contributed by atoms with Gasteiger partial charge in [0.2, 0.25) is 0 Å². The van der Waals surface area contributed by atoms with E-state index < -0.39 is 0 Å². The molecule has 0 radical (unpaired) electrons. The Bertz CT molecular complexity index is 483. The second kappa shape index (κ2) is 4.78. The van der Waals surface area contributed by atoms with Gasteiger partial charge in [0.1, 0.15) is 0 Å². The summed E-state index contributed by atoms with van der Waals surface area (Å²) in [5.41, 5.74) is 2.31. The molecule has 0 spiro atoms. The summed E-state index contributed by atoms with van der Waals surface area (Å²) < 4.78 is 0. The molecule has 0 amide bonds. The molecular formula is C14H19N3. The maximum atomic E-state index is 4.04. The van der Waals surface area contributed by atoms with E-state index in [-0.39, 0.29) is 0 Å². The molecule has 1 saturated carbocycles. The Morgan fingerprint density at radius 3 is 3.00 bits per heavy atom. The molecule has 0 saturated heterocycles. The van der Waals surface area contributed by atoms with Crippen molar-refractivity contribution in [2.45, 2.75) is 32.1 Å². The van der Waals surface area contributed by atoms with Gasteiger partial charge in [0.05, 0.1) is 11.7 Å². The molecule has 2 N–H and O–H groups in total. The fraction of sp³-hybridized carbons (Fsp3) is 0.500. The Morgan fingerprint density at radius 1 is 1.24 bits per heavy atom. The van der Waals surface area contributed by atoms with Crippen LogP contribution in [0.4, 0.5) is 5.69 Å². The van der Waals surface area contributed by atoms with Gasteiger partial charge >= 0.3 is 0 Å². The van der Waals surface area contributed by atoms with Gasteiger partial charge in [-0.3, -0.25) is 5.10 Å². The van der Waals surface area contributed by atoms with Crippen LogP contribution in [0.2, 0.25) is 0 Å². The van der Waals surface area contributed by atoms with Crippen molar-refractivity contribution in [3.05, 3.63) is 24.4 Å². The van der Waals surface area contributed by atoms with Crippen LogP contribution in [0.5, 0.6) is 0 Å². The number of rotatable bonds is 3. The van der Waals surface area contributed by atoms with Crippen LogP contribution in [0.25, 0.3) is 10.9 Å². The molecule has 1 aromatic carbocycles. The molecule has 1 heterocycles. The summed E-state index contributed by atoms with van der Waals surface area (Å²) in [5.74, 6) is 0.862. The van der Waals surface area contributed by atoms with Gasteiger partial charge in [-0.2, -0.15) is 5.10 Å². The molecule has 0 unspecified atom stereocenters. The first kappa shape index (κ1) is 10.6. The maximum Gasteiger partial charge on any atom is 0.0670 e. The third kappa shape index (κ3) is 2.43. The molecule has 3 rings (SSSR count). The summed E-state index contributed by atoms with van der Waals surface area (Å²) in [6.07, 6.45) is 8.88. The van der Waals surface area contributed by atoms with Crippen LogP contribution in [0.3, 0.4) is 0 Å². The van der Waals surface area contributed by atoms with E-state index in [4.69, 9.17) is 0 Å². The zero-order valence-electron chi connectivity index (χ0n) is 10.1. The lowest BCUT2D eigenvalue weighted by Crippen LogP contribution is -2.16. The minimum absolute atomic E-state index is 0.862. The quantitative estimate of drug-likeness (QED) is 0.845. The zero-order valence-corrected chi connectivity index (χ0v) is 10.1. The number of nitrogens with one attached hydrogen (secondary N) is 2. The minimum Gasteiger partial charge on any atom is -0.385 e. The predicted molar refractivity (Wildman–Crippen MR) is 71.2 cm³/mol. The van der Waals surface area contributed by atoms with Crippen LogP contribution >= 0.6 is 0 Å². The highest BCUT2D eigenvalue weighted by Crippen LogP contribution is 2.24. The predicted octanol–water partition coefficient (Wildman–Crippen LogP) is 3.56. The number of hydrogen-bond donors (Lipinski definition) is 2. The maximum absolute atomic E-state index is 4.04. The summed E-state index contributed by atoms with van der Waals surface area (Å²) >= 11 is 0. The van der Waals surface area contributed by atoms with E-state index in [1.165, 1.54) is 43.2 Å². The second-order valence-electron chi connectivity index (χ2n) is 5.06. The van der Waals surface area contributed by atoms with Gasteiger partial charge in [-0.15, -0.1) is 0 Å². The molecule has 1 aliphatic rings. The Labute approximate surface area is 102 Å². The first-order chi connectivity index (χ1) is 8.42. The van der Waals surface area contributed by atoms with Crippen molar-refractivity contribution in [3.8, 4) is 0 Å². The Morgan fingerprint density at radius 2 is 2.12 bits per heavy atom. The smallest absolute Gasteiger partial charge is 0.0670 e. The lowest BCUT2D eigenvalue weighted by atomic mass is 9.89. The molecule has 17 heavy (non-hydrogen) atoms. The molecule has 1 fully saturated rings. The second-order valence-corrected chi connectivity index (χ2v) is 5.06. The van der Waals surface area contributed by atoms with E-state index >= 15 is 0 Å². The summed E-state index contributed by atoms with van der Waals surface area (Å²) in [6.45, 7) is 1.11. The van der Waals surface area contributed by atoms with Crippen molar-refractivity contribution in [1.82, 2.24) is 10.2 Å². The van der Waals surface area contributed by atoms with Crippen LogP contribution in [0.1, 0.15) is 32.1 Å². The summed E-state index contributed by atoms with van der Waals surface area (Å²) in [5, 5.41) is 11.8. The normalized spacial score (nSPS) is 17.4. The number of benzene rings is 1. The Kier molecular flexibility index (Phi) is 2.99. The van der Waals surface area contributed by atoms with Crippen LogP contribution in [-0.2, 0) is 0 Å². The monoisotopic (exact) mass is 229 g/mol. The molecule has 3 heteroatoms. The Hall–Kier alpha value is -1.51. The molecule has 0 aliphatic heterocycles. The molecule has 2 aromatic rings. The van der Waals surface area contributed by atoms with Gasteiger partial charge in [-0.1, -0.05) is 19.3 Å². The third-order valence-corrected chi connectivity index (χ3v) is 3.76. The van der Waals surface area contributed by atoms with E-state index in [9.17, 15) is 0 Å². The van der Waals surface area contributed by atoms with Crippen molar-refractivity contribution in [2.24, 2.45) is 5.92 Å². The Balaban J connectivity index is 1.63. The van der Waals surface area contributed by atoms with Crippen molar-refractivity contribution in [3.63, 3.8) is 0 Å². The largest absolute Gasteiger partial charge is 0.385 e. The number of fused-ring (bicyclic) bond motifs is 1. The minimum atomic E-state index is 0.862. The summed E-state index contributed by atoms with van der Waals surface area (Å²) in [7, 11) is 0. The van der Waals surface area contributed by atoms with Gasteiger partial charge in [0.25, 0.3) is 0 Å². The molecule has 0 atom stereocenters. The molecule has 1 aromatic heterocycles. The highest BCUT2D eigenvalue weighted by molar-refractivity contribution is 5.81. The van der Waals surface area contributed by atoms with Crippen molar-refractivity contribution in [2.75, 3.05) is 11.9 Å². The molecular weight excluding hydrogens is 210 g/mol. The molecule has 0 bridgehead atoms. The summed E-state index contributed by atoms with van der Waals surface area (Å²) in [4.78, 5) is 0. The number of nitrogens with zero attached hydrogens (tertiary/aromatic N) is 1. The van der Waals surface area contributed by atoms with Crippen molar-refractivity contribution in [1.29, 1.82) is 0 Å². The molecule has 3 nitrogen and oxygen atoms in total. The lowest BCUT2D eigenvalue weighted by Gasteiger charge is -2.22. The van der Waals surface area contributed by atoms with Crippen LogP contribution in [0, 0.1) is 5.92 Å². The van der Waals surface area contributed by atoms with Crippen molar-refractivity contribution >= 4 is 16.6 Å². The first-order valence-electron chi connectivity index (χ1n) is 6.59. The fourth-order valence-corrected chi connectivity index (χ4v) is 2.70. The highest BCUT2D eigenvalue weighted by atomic mass is 15.1. The molecule has 90 valence electrons. The van der Waals surface area contributed by atoms with Gasteiger partial charge in [-0.25, -0.2) is 0 Å². The first-order valence-corrected chi connectivity index (χ1v) is 6.59. The van der Waals surface area contributed by atoms with Crippen molar-refractivity contribution < 1.29 is 0 Å². The van der Waals surface area contributed by atoms with Crippen LogP contribution in [0.15, 0.2) is 24.4 Å². The lowest BCUT2D eigenvalue weighted by molar-refractivity contribution is 0.373. The number of aromatic amines is 1. The third-order valence-electron chi connectivity index (χ3n) is 3.76. The summed E-state index contributed by atoms with van der Waals surface area (Å²) in [6, 6.07) is 6.40.